The molecule has 0 atom stereocenters. The van der Waals surface area contributed by atoms with Gasteiger partial charge in [0, 0.05) is 0 Å². The number of fused-ring (bicyclic) bond motifs is 10. The first-order chi connectivity index (χ1) is 26.3. The molecule has 0 heterocycles. The first-order valence-corrected chi connectivity index (χ1v) is 18.7. The quantitative estimate of drug-likeness (QED) is 0.127. The molecule has 0 saturated heterocycles. The molecule has 0 unspecified atom stereocenters. The van der Waals surface area contributed by atoms with Crippen molar-refractivity contribution < 1.29 is 0 Å². The lowest BCUT2D eigenvalue weighted by Gasteiger charge is -2.24. The lowest BCUT2D eigenvalue weighted by molar-refractivity contribution is 1.55. The van der Waals surface area contributed by atoms with Crippen molar-refractivity contribution in [2.24, 2.45) is 0 Å². The molecule has 0 spiro atoms. The molecule has 0 saturated carbocycles. The van der Waals surface area contributed by atoms with Gasteiger partial charge < -0.3 is 0 Å². The normalized spacial score (nSPS) is 12.6. The maximum atomic E-state index is 2.43. The fourth-order valence-corrected chi connectivity index (χ4v) is 10.6. The molecule has 0 heteroatoms. The Balaban J connectivity index is 1.53. The molecule has 0 radical (unpaired) electrons. The topological polar surface area (TPSA) is 0 Å². The summed E-state index contributed by atoms with van der Waals surface area (Å²) in [5.41, 5.74) is 6.49. The van der Waals surface area contributed by atoms with Crippen molar-refractivity contribution in [3.05, 3.63) is 169 Å². The molecular weight excluding hydrogens is 637 g/mol. The van der Waals surface area contributed by atoms with Crippen LogP contribution in [0.3, 0.4) is 0 Å². The maximum Gasteiger partial charge on any atom is -0.0000476 e. The fraction of sp³-hybridized carbons (Fsp3) is 0.0189. The van der Waals surface area contributed by atoms with Crippen LogP contribution in [-0.4, -0.2) is 0 Å². The third-order valence-electron chi connectivity index (χ3n) is 12.6. The van der Waals surface area contributed by atoms with Crippen LogP contribution in [0.4, 0.5) is 0 Å². The van der Waals surface area contributed by atoms with Crippen LogP contribution in [-0.2, 0) is 0 Å². The molecule has 13 aromatic rings. The van der Waals surface area contributed by atoms with Gasteiger partial charge in [-0.3, -0.25) is 0 Å². The molecule has 13 aromatic carbocycles. The van der Waals surface area contributed by atoms with E-state index in [9.17, 15) is 0 Å². The molecule has 0 nitrogen and oxygen atoms in total. The molecule has 0 N–H and O–H groups in total. The first kappa shape index (κ1) is 27.9. The highest BCUT2D eigenvalue weighted by Gasteiger charge is 2.30. The Kier molecular flexibility index (Phi) is 5.14. The van der Waals surface area contributed by atoms with Crippen LogP contribution in [0, 0.1) is 6.92 Å². The summed E-state index contributed by atoms with van der Waals surface area (Å²) >= 11 is 0. The van der Waals surface area contributed by atoms with Gasteiger partial charge in [-0.25, -0.2) is 0 Å². The van der Waals surface area contributed by atoms with E-state index >= 15 is 0 Å². The van der Waals surface area contributed by atoms with Crippen LogP contribution in [0.1, 0.15) is 5.56 Å². The minimum atomic E-state index is 1.25. The van der Waals surface area contributed by atoms with Gasteiger partial charge in [0.15, 0.2) is 0 Å². The van der Waals surface area contributed by atoms with Crippen LogP contribution in [0.5, 0.6) is 0 Å². The van der Waals surface area contributed by atoms with Crippen molar-refractivity contribution in [3.8, 4) is 22.3 Å². The molecule has 0 aromatic heterocycles. The highest BCUT2D eigenvalue weighted by atomic mass is 14.3. The minimum absolute atomic E-state index is 1.25. The predicted molar refractivity (Wildman–Crippen MR) is 231 cm³/mol. The summed E-state index contributed by atoms with van der Waals surface area (Å²) in [6, 6.07) is 61.9. The predicted octanol–water partition coefficient (Wildman–Crippen LogP) is 15.2. The van der Waals surface area contributed by atoms with Crippen molar-refractivity contribution in [2.45, 2.75) is 6.92 Å². The summed E-state index contributed by atoms with van der Waals surface area (Å²) < 4.78 is 0. The molecule has 0 fully saturated rings. The van der Waals surface area contributed by atoms with Crippen LogP contribution in [0.25, 0.3) is 130 Å². The molecule has 0 aliphatic carbocycles. The van der Waals surface area contributed by atoms with Gasteiger partial charge in [0.2, 0.25) is 0 Å². The average Bonchev–Trinajstić information content (AvgIpc) is 3.73. The van der Waals surface area contributed by atoms with E-state index in [0.717, 1.165) is 0 Å². The van der Waals surface area contributed by atoms with Crippen LogP contribution >= 0.6 is 0 Å². The molecule has 0 bridgehead atoms. The second-order valence-corrected chi connectivity index (χ2v) is 15.1. The van der Waals surface area contributed by atoms with Crippen molar-refractivity contribution in [3.63, 3.8) is 0 Å². The lowest BCUT2D eigenvalue weighted by atomic mass is 9.78. The largest absolute Gasteiger partial charge is 0.0622 e. The Bertz CT molecular complexity index is 3430. The van der Waals surface area contributed by atoms with Crippen molar-refractivity contribution in [2.75, 3.05) is 0 Å². The van der Waals surface area contributed by atoms with Gasteiger partial charge in [0.1, 0.15) is 0 Å². The Labute approximate surface area is 305 Å². The van der Waals surface area contributed by atoms with Gasteiger partial charge in [-0.1, -0.05) is 164 Å². The van der Waals surface area contributed by atoms with E-state index in [1.54, 1.807) is 0 Å². The zero-order valence-electron chi connectivity index (χ0n) is 29.1. The maximum absolute atomic E-state index is 2.43. The van der Waals surface area contributed by atoms with Gasteiger partial charge in [-0.15, -0.1) is 0 Å². The smallest absolute Gasteiger partial charge is 0.0000476 e. The lowest BCUT2D eigenvalue weighted by Crippen LogP contribution is -1.95. The number of hydrogen-bond donors (Lipinski definition) is 0. The summed E-state index contributed by atoms with van der Waals surface area (Å²) in [4.78, 5) is 0. The molecular formula is C53H30. The summed E-state index contributed by atoms with van der Waals surface area (Å²) in [5, 5.41) is 27.0. The van der Waals surface area contributed by atoms with E-state index in [2.05, 4.69) is 171 Å². The summed E-state index contributed by atoms with van der Waals surface area (Å²) in [7, 11) is 0. The third kappa shape index (κ3) is 3.29. The van der Waals surface area contributed by atoms with Gasteiger partial charge in [-0.2, -0.15) is 0 Å². The van der Waals surface area contributed by atoms with E-state index in [1.807, 2.05) is 0 Å². The van der Waals surface area contributed by atoms with Crippen LogP contribution < -0.4 is 0 Å². The van der Waals surface area contributed by atoms with E-state index in [0.29, 0.717) is 0 Å². The van der Waals surface area contributed by atoms with Crippen molar-refractivity contribution in [1.29, 1.82) is 0 Å². The molecule has 242 valence electrons. The standard InChI is InChI=1S/C53H30/c1-29-27-28-40-45-34(29)21-12-26-39(45)50-48-37-24-10-19-30-17-8-22-35(41(30)37)46(48)43(32-13-4-2-5-14-32)52-44(33-15-6-3-7-16-33)47-36-23-9-18-31-20-11-25-38(42(31)36)49(47)51(40)53(50)52/h2-28H,1H3. The number of hydrogen-bond acceptors (Lipinski definition) is 0. The van der Waals surface area contributed by atoms with Gasteiger partial charge in [0.05, 0.1) is 0 Å². The number of aryl methyl sites for hydroxylation is 1. The second-order valence-electron chi connectivity index (χ2n) is 15.1. The molecule has 0 aliphatic heterocycles. The van der Waals surface area contributed by atoms with E-state index in [-0.39, 0.29) is 0 Å². The Morgan fingerprint density at radius 3 is 1.09 bits per heavy atom. The Hall–Kier alpha value is -6.76. The summed E-state index contributed by atoms with van der Waals surface area (Å²) in [5.74, 6) is 0. The molecule has 0 aliphatic rings. The van der Waals surface area contributed by atoms with Crippen molar-refractivity contribution >= 4 is 108 Å². The molecule has 13 rings (SSSR count). The summed E-state index contributed by atoms with van der Waals surface area (Å²) in [6.07, 6.45) is 0. The second kappa shape index (κ2) is 9.76. The van der Waals surface area contributed by atoms with Crippen LogP contribution in [0.2, 0.25) is 0 Å². The zero-order chi connectivity index (χ0) is 34.5. The highest BCUT2D eigenvalue weighted by molar-refractivity contribution is 6.54. The van der Waals surface area contributed by atoms with E-state index in [4.69, 9.17) is 0 Å². The fourth-order valence-electron chi connectivity index (χ4n) is 10.6. The van der Waals surface area contributed by atoms with E-state index in [1.165, 1.54) is 136 Å². The Morgan fingerprint density at radius 2 is 0.604 bits per heavy atom. The highest BCUT2D eigenvalue weighted by Crippen LogP contribution is 2.59. The SMILES string of the molecule is Cc1ccc2c3c1cccc3c1c3c4cccc5cccc(c3c(-c3ccccc3)c3c(-c6ccccc6)c6c7cccc8cccc(c87)c6c2c31)c54. The van der Waals surface area contributed by atoms with Gasteiger partial charge in [-0.05, 0) is 142 Å². The monoisotopic (exact) mass is 666 g/mol. The molecule has 0 amide bonds. The van der Waals surface area contributed by atoms with Gasteiger partial charge in [0.25, 0.3) is 0 Å². The van der Waals surface area contributed by atoms with Gasteiger partial charge >= 0.3 is 0 Å². The van der Waals surface area contributed by atoms with Crippen LogP contribution in [0.15, 0.2) is 164 Å². The number of rotatable bonds is 2. The van der Waals surface area contributed by atoms with E-state index < -0.39 is 0 Å². The third-order valence-corrected chi connectivity index (χ3v) is 12.6. The Morgan fingerprint density at radius 1 is 0.226 bits per heavy atom. The average molecular weight is 667 g/mol. The first-order valence-electron chi connectivity index (χ1n) is 18.7. The zero-order valence-corrected chi connectivity index (χ0v) is 29.1. The minimum Gasteiger partial charge on any atom is -0.0622 e. The molecule has 53 heavy (non-hydrogen) atoms. The summed E-state index contributed by atoms with van der Waals surface area (Å²) in [6.45, 7) is 2.27. The van der Waals surface area contributed by atoms with Crippen molar-refractivity contribution in [1.82, 2.24) is 0 Å². The number of benzene rings is 11.